The molecule has 1 N–H and O–H groups in total. The van der Waals surface area contributed by atoms with Gasteiger partial charge < -0.3 is 9.84 Å². The fourth-order valence-electron chi connectivity index (χ4n) is 1.02. The molecule has 0 amide bonds. The highest BCUT2D eigenvalue weighted by atomic mass is 16.5. The van der Waals surface area contributed by atoms with Crippen LogP contribution in [0.25, 0.3) is 6.08 Å². The maximum absolute atomic E-state index is 10.8. The molecule has 0 saturated heterocycles. The number of carboxylic acid groups (broad SMARTS) is 1. The van der Waals surface area contributed by atoms with Crippen molar-refractivity contribution in [3.05, 3.63) is 23.2 Å². The summed E-state index contributed by atoms with van der Waals surface area (Å²) in [5.74, 6) is -0.801. The second-order valence-corrected chi connectivity index (χ2v) is 3.17. The Hall–Kier alpha value is -1.91. The number of hydrogen-bond acceptors (Lipinski definition) is 4. The number of allylic oxidation sites excluding steroid dienone is 1. The quantitative estimate of drug-likeness (QED) is 0.816. The van der Waals surface area contributed by atoms with Gasteiger partial charge in [0.2, 0.25) is 5.88 Å². The smallest absolute Gasteiger partial charge is 0.356 e. The average molecular weight is 208 g/mol. The topological polar surface area (TPSA) is 72.3 Å². The van der Waals surface area contributed by atoms with E-state index in [2.05, 4.69) is 9.97 Å². The van der Waals surface area contributed by atoms with E-state index in [-0.39, 0.29) is 5.69 Å². The first-order valence-corrected chi connectivity index (χ1v) is 4.34. The van der Waals surface area contributed by atoms with Crippen molar-refractivity contribution in [1.82, 2.24) is 9.97 Å². The number of nitrogens with zero attached hydrogens (tertiary/aromatic N) is 2. The summed E-state index contributed by atoms with van der Waals surface area (Å²) in [7, 11) is 1.46. The molecular weight excluding hydrogens is 196 g/mol. The molecule has 80 valence electrons. The maximum Gasteiger partial charge on any atom is 0.356 e. The first kappa shape index (κ1) is 11.2. The molecule has 0 aliphatic carbocycles. The lowest BCUT2D eigenvalue weighted by atomic mass is 10.2. The Morgan fingerprint density at radius 1 is 1.53 bits per heavy atom. The highest BCUT2D eigenvalue weighted by Crippen LogP contribution is 2.13. The zero-order chi connectivity index (χ0) is 11.4. The van der Waals surface area contributed by atoms with Crippen LogP contribution in [0.4, 0.5) is 0 Å². The van der Waals surface area contributed by atoms with Crippen LogP contribution in [0.2, 0.25) is 0 Å². The molecule has 0 aliphatic heterocycles. The van der Waals surface area contributed by atoms with Crippen molar-refractivity contribution < 1.29 is 14.6 Å². The van der Waals surface area contributed by atoms with Gasteiger partial charge in [-0.1, -0.05) is 5.57 Å². The highest BCUT2D eigenvalue weighted by molar-refractivity contribution is 5.89. The van der Waals surface area contributed by atoms with Crippen molar-refractivity contribution in [2.45, 2.75) is 13.8 Å². The normalized spacial score (nSPS) is 9.53. The summed E-state index contributed by atoms with van der Waals surface area (Å²) in [6.45, 7) is 3.71. The summed E-state index contributed by atoms with van der Waals surface area (Å²) in [5, 5.41) is 8.87. The second-order valence-electron chi connectivity index (χ2n) is 3.17. The van der Waals surface area contributed by atoms with Crippen molar-refractivity contribution in [3.8, 4) is 5.88 Å². The van der Waals surface area contributed by atoms with Crippen molar-refractivity contribution in [2.24, 2.45) is 0 Å². The number of methoxy groups -OCH3 is 1. The van der Waals surface area contributed by atoms with Gasteiger partial charge in [0.1, 0.15) is 5.69 Å². The Kier molecular flexibility index (Phi) is 3.38. The summed E-state index contributed by atoms with van der Waals surface area (Å²) >= 11 is 0. The lowest BCUT2D eigenvalue weighted by Crippen LogP contribution is -2.06. The van der Waals surface area contributed by atoms with Crippen molar-refractivity contribution >= 4 is 12.0 Å². The van der Waals surface area contributed by atoms with Gasteiger partial charge in [0.25, 0.3) is 0 Å². The standard InChI is InChI=1S/C10H12N2O3/c1-6(2)4-7-9(10(13)14)11-5-8(12-7)15-3/h4-5H,1-3H3,(H,13,14). The van der Waals surface area contributed by atoms with Crippen LogP contribution in [-0.4, -0.2) is 28.2 Å². The summed E-state index contributed by atoms with van der Waals surface area (Å²) in [5.41, 5.74) is 1.18. The summed E-state index contributed by atoms with van der Waals surface area (Å²) in [4.78, 5) is 18.6. The molecule has 0 bridgehead atoms. The minimum absolute atomic E-state index is 0.0722. The third-order valence-electron chi connectivity index (χ3n) is 1.61. The van der Waals surface area contributed by atoms with Gasteiger partial charge in [-0.05, 0) is 19.9 Å². The number of ether oxygens (including phenoxy) is 1. The van der Waals surface area contributed by atoms with E-state index in [4.69, 9.17) is 9.84 Å². The fourth-order valence-corrected chi connectivity index (χ4v) is 1.02. The molecule has 5 heteroatoms. The van der Waals surface area contributed by atoms with Gasteiger partial charge >= 0.3 is 5.97 Å². The average Bonchev–Trinajstić information content (AvgIpc) is 2.16. The number of rotatable bonds is 3. The van der Waals surface area contributed by atoms with E-state index in [9.17, 15) is 4.79 Å². The molecule has 1 rings (SSSR count). The van der Waals surface area contributed by atoms with E-state index in [1.165, 1.54) is 13.3 Å². The van der Waals surface area contributed by atoms with E-state index in [1.807, 2.05) is 13.8 Å². The zero-order valence-electron chi connectivity index (χ0n) is 8.81. The van der Waals surface area contributed by atoms with E-state index >= 15 is 0 Å². The molecule has 1 aromatic rings. The highest BCUT2D eigenvalue weighted by Gasteiger charge is 2.12. The van der Waals surface area contributed by atoms with Crippen LogP contribution in [0.3, 0.4) is 0 Å². The molecule has 0 aliphatic rings. The third-order valence-corrected chi connectivity index (χ3v) is 1.61. The van der Waals surface area contributed by atoms with Gasteiger partial charge in [0.05, 0.1) is 13.3 Å². The SMILES string of the molecule is COc1cnc(C(=O)O)c(C=C(C)C)n1. The predicted molar refractivity (Wildman–Crippen MR) is 54.9 cm³/mol. The van der Waals surface area contributed by atoms with Gasteiger partial charge in [0, 0.05) is 0 Å². The van der Waals surface area contributed by atoms with Crippen LogP contribution in [0.15, 0.2) is 11.8 Å². The largest absolute Gasteiger partial charge is 0.480 e. The van der Waals surface area contributed by atoms with Crippen LogP contribution in [0.5, 0.6) is 5.88 Å². The number of aromatic carboxylic acids is 1. The fraction of sp³-hybridized carbons (Fsp3) is 0.300. The van der Waals surface area contributed by atoms with Gasteiger partial charge in [-0.25, -0.2) is 14.8 Å². The van der Waals surface area contributed by atoms with Crippen molar-refractivity contribution in [1.29, 1.82) is 0 Å². The monoisotopic (exact) mass is 208 g/mol. The Labute approximate surface area is 87.4 Å². The molecule has 0 aromatic carbocycles. The first-order valence-electron chi connectivity index (χ1n) is 4.34. The van der Waals surface area contributed by atoms with Crippen LogP contribution in [0, 0.1) is 0 Å². The minimum atomic E-state index is -1.10. The van der Waals surface area contributed by atoms with Gasteiger partial charge in [-0.15, -0.1) is 0 Å². The lowest BCUT2D eigenvalue weighted by Gasteiger charge is -2.03. The predicted octanol–water partition coefficient (Wildman–Crippen LogP) is 1.61. The molecule has 15 heavy (non-hydrogen) atoms. The van der Waals surface area contributed by atoms with Crippen LogP contribution >= 0.6 is 0 Å². The summed E-state index contributed by atoms with van der Waals surface area (Å²) in [6, 6.07) is 0. The Morgan fingerprint density at radius 2 is 2.20 bits per heavy atom. The van der Waals surface area contributed by atoms with Crippen molar-refractivity contribution in [2.75, 3.05) is 7.11 Å². The molecule has 5 nitrogen and oxygen atoms in total. The zero-order valence-corrected chi connectivity index (χ0v) is 8.81. The van der Waals surface area contributed by atoms with Crippen LogP contribution < -0.4 is 4.74 Å². The van der Waals surface area contributed by atoms with E-state index in [0.717, 1.165) is 5.57 Å². The molecule has 1 aromatic heterocycles. The molecule has 0 saturated carbocycles. The Morgan fingerprint density at radius 3 is 2.67 bits per heavy atom. The van der Waals surface area contributed by atoms with Crippen LogP contribution in [-0.2, 0) is 0 Å². The van der Waals surface area contributed by atoms with Gasteiger partial charge in [-0.3, -0.25) is 0 Å². The van der Waals surface area contributed by atoms with E-state index in [1.54, 1.807) is 6.08 Å². The Bertz CT molecular complexity index is 409. The summed E-state index contributed by atoms with van der Waals surface area (Å²) < 4.78 is 4.88. The van der Waals surface area contributed by atoms with Crippen LogP contribution in [0.1, 0.15) is 30.0 Å². The van der Waals surface area contributed by atoms with E-state index in [0.29, 0.717) is 11.6 Å². The molecular formula is C10H12N2O3. The maximum atomic E-state index is 10.8. The summed E-state index contributed by atoms with van der Waals surface area (Å²) in [6.07, 6.45) is 2.94. The second kappa shape index (κ2) is 4.54. The number of carbonyl (C=O) groups is 1. The molecule has 0 spiro atoms. The number of hydrogen-bond donors (Lipinski definition) is 1. The molecule has 0 atom stereocenters. The molecule has 0 unspecified atom stereocenters. The molecule has 0 radical (unpaired) electrons. The minimum Gasteiger partial charge on any atom is -0.480 e. The van der Waals surface area contributed by atoms with Crippen molar-refractivity contribution in [3.63, 3.8) is 0 Å². The first-order chi connectivity index (χ1) is 7.04. The van der Waals surface area contributed by atoms with E-state index < -0.39 is 5.97 Å². The third kappa shape index (κ3) is 2.77. The number of aromatic nitrogens is 2. The number of carboxylic acids is 1. The lowest BCUT2D eigenvalue weighted by molar-refractivity contribution is 0.0689. The van der Waals surface area contributed by atoms with Gasteiger partial charge in [0.15, 0.2) is 5.69 Å². The molecule has 1 heterocycles. The Balaban J connectivity index is 3.29. The molecule has 0 fully saturated rings. The van der Waals surface area contributed by atoms with Gasteiger partial charge in [-0.2, -0.15) is 0 Å².